The van der Waals surface area contributed by atoms with Crippen LogP contribution in [0, 0.1) is 11.8 Å². The van der Waals surface area contributed by atoms with E-state index in [0.29, 0.717) is 12.0 Å². The van der Waals surface area contributed by atoms with Crippen LogP contribution in [0.4, 0.5) is 5.69 Å². The maximum atomic E-state index is 9.93. The Morgan fingerprint density at radius 2 is 1.89 bits per heavy atom. The van der Waals surface area contributed by atoms with Crippen molar-refractivity contribution in [3.8, 4) is 0 Å². The molecule has 1 fully saturated rings. The van der Waals surface area contributed by atoms with Gasteiger partial charge < -0.3 is 10.0 Å². The van der Waals surface area contributed by atoms with Crippen molar-refractivity contribution >= 4 is 5.69 Å². The van der Waals surface area contributed by atoms with Crippen molar-refractivity contribution in [3.63, 3.8) is 0 Å². The van der Waals surface area contributed by atoms with Crippen LogP contribution in [-0.2, 0) is 0 Å². The number of aliphatic hydroxyl groups excluding tert-OH is 1. The molecule has 4 atom stereocenters. The van der Waals surface area contributed by atoms with Crippen molar-refractivity contribution in [1.29, 1.82) is 0 Å². The first kappa shape index (κ1) is 13.4. The second-order valence-electron chi connectivity index (χ2n) is 5.95. The fourth-order valence-corrected chi connectivity index (χ4v) is 3.14. The lowest BCUT2D eigenvalue weighted by molar-refractivity contribution is 0.198. The van der Waals surface area contributed by atoms with Gasteiger partial charge in [-0.05, 0) is 38.2 Å². The van der Waals surface area contributed by atoms with E-state index < -0.39 is 6.10 Å². The molecule has 1 aliphatic heterocycles. The summed E-state index contributed by atoms with van der Waals surface area (Å²) in [5, 5.41) is 9.93. The van der Waals surface area contributed by atoms with Crippen LogP contribution >= 0.6 is 0 Å². The molecule has 1 aliphatic rings. The van der Waals surface area contributed by atoms with E-state index in [2.05, 4.69) is 37.8 Å². The van der Waals surface area contributed by atoms with Crippen molar-refractivity contribution in [2.75, 3.05) is 11.4 Å². The topological polar surface area (TPSA) is 23.5 Å². The molecule has 1 aromatic carbocycles. The predicted octanol–water partition coefficient (Wildman–Crippen LogP) is 3.61. The monoisotopic (exact) mass is 247 g/mol. The van der Waals surface area contributed by atoms with Crippen LogP contribution in [0.3, 0.4) is 0 Å². The normalized spacial score (nSPS) is 30.3. The van der Waals surface area contributed by atoms with Gasteiger partial charge in [-0.25, -0.2) is 0 Å². The third-order valence-corrected chi connectivity index (χ3v) is 4.29. The SMILES string of the molecule is CC1CC(C)C(C)N(c2ccccc2[C@@H](C)O)C1. The molecular formula is C16H25NO. The Hall–Kier alpha value is -1.02. The van der Waals surface area contributed by atoms with Gasteiger partial charge in [-0.1, -0.05) is 32.0 Å². The van der Waals surface area contributed by atoms with Crippen molar-refractivity contribution in [2.45, 2.75) is 46.3 Å². The van der Waals surface area contributed by atoms with Gasteiger partial charge in [-0.3, -0.25) is 0 Å². The number of hydrogen-bond donors (Lipinski definition) is 1. The number of nitrogens with zero attached hydrogens (tertiary/aromatic N) is 1. The molecule has 1 N–H and O–H groups in total. The summed E-state index contributed by atoms with van der Waals surface area (Å²) in [5.41, 5.74) is 2.25. The molecule has 0 saturated carbocycles. The van der Waals surface area contributed by atoms with Gasteiger partial charge >= 0.3 is 0 Å². The third kappa shape index (κ3) is 2.54. The minimum absolute atomic E-state index is 0.402. The maximum Gasteiger partial charge on any atom is 0.0781 e. The van der Waals surface area contributed by atoms with Crippen LogP contribution in [-0.4, -0.2) is 17.7 Å². The molecule has 1 aromatic rings. The zero-order valence-corrected chi connectivity index (χ0v) is 11.9. The van der Waals surface area contributed by atoms with Gasteiger partial charge in [0.1, 0.15) is 0 Å². The van der Waals surface area contributed by atoms with E-state index in [9.17, 15) is 5.11 Å². The van der Waals surface area contributed by atoms with Crippen molar-refractivity contribution < 1.29 is 5.11 Å². The molecule has 1 saturated heterocycles. The van der Waals surface area contributed by atoms with E-state index in [1.807, 2.05) is 19.1 Å². The van der Waals surface area contributed by atoms with E-state index in [0.717, 1.165) is 18.0 Å². The van der Waals surface area contributed by atoms with Gasteiger partial charge in [0.05, 0.1) is 6.10 Å². The summed E-state index contributed by atoms with van der Waals surface area (Å²) >= 11 is 0. The molecule has 100 valence electrons. The number of hydrogen-bond acceptors (Lipinski definition) is 2. The average molecular weight is 247 g/mol. The summed E-state index contributed by atoms with van der Waals surface area (Å²) in [5.74, 6) is 1.43. The highest BCUT2D eigenvalue weighted by Gasteiger charge is 2.30. The van der Waals surface area contributed by atoms with Crippen molar-refractivity contribution in [1.82, 2.24) is 0 Å². The number of benzene rings is 1. The molecule has 2 rings (SSSR count). The fraction of sp³-hybridized carbons (Fsp3) is 0.625. The van der Waals surface area contributed by atoms with Gasteiger partial charge in [0.15, 0.2) is 0 Å². The largest absolute Gasteiger partial charge is 0.389 e. The summed E-state index contributed by atoms with van der Waals surface area (Å²) in [6.07, 6.45) is 0.898. The first-order valence-corrected chi connectivity index (χ1v) is 7.04. The number of para-hydroxylation sites is 1. The summed E-state index contributed by atoms with van der Waals surface area (Å²) in [6, 6.07) is 8.80. The predicted molar refractivity (Wildman–Crippen MR) is 76.8 cm³/mol. The van der Waals surface area contributed by atoms with E-state index in [1.165, 1.54) is 12.1 Å². The highest BCUT2D eigenvalue weighted by molar-refractivity contribution is 5.55. The maximum absolute atomic E-state index is 9.93. The van der Waals surface area contributed by atoms with Gasteiger partial charge in [0, 0.05) is 23.8 Å². The Morgan fingerprint density at radius 3 is 2.56 bits per heavy atom. The molecule has 2 heteroatoms. The Balaban J connectivity index is 2.35. The Kier molecular flexibility index (Phi) is 3.96. The van der Waals surface area contributed by atoms with Gasteiger partial charge in [-0.2, -0.15) is 0 Å². The molecule has 0 radical (unpaired) electrons. The number of rotatable bonds is 2. The molecular weight excluding hydrogens is 222 g/mol. The van der Waals surface area contributed by atoms with Crippen LogP contribution in [0.1, 0.15) is 45.8 Å². The van der Waals surface area contributed by atoms with Crippen LogP contribution in [0.5, 0.6) is 0 Å². The van der Waals surface area contributed by atoms with Gasteiger partial charge in [0.25, 0.3) is 0 Å². The lowest BCUT2D eigenvalue weighted by atomic mass is 9.85. The number of aliphatic hydroxyl groups is 1. The van der Waals surface area contributed by atoms with Crippen molar-refractivity contribution in [2.24, 2.45) is 11.8 Å². The first-order chi connectivity index (χ1) is 8.50. The lowest BCUT2D eigenvalue weighted by Crippen LogP contribution is -2.46. The molecule has 1 heterocycles. The number of anilines is 1. The lowest BCUT2D eigenvalue weighted by Gasteiger charge is -2.43. The third-order valence-electron chi connectivity index (χ3n) is 4.29. The zero-order valence-electron chi connectivity index (χ0n) is 11.9. The smallest absolute Gasteiger partial charge is 0.0781 e. The van der Waals surface area contributed by atoms with Gasteiger partial charge in [0.2, 0.25) is 0 Å². The molecule has 0 spiro atoms. The van der Waals surface area contributed by atoms with E-state index in [-0.39, 0.29) is 0 Å². The van der Waals surface area contributed by atoms with Crippen molar-refractivity contribution in [3.05, 3.63) is 29.8 Å². The summed E-state index contributed by atoms with van der Waals surface area (Å²) in [6.45, 7) is 9.89. The second kappa shape index (κ2) is 5.31. The highest BCUT2D eigenvalue weighted by Crippen LogP contribution is 2.34. The zero-order chi connectivity index (χ0) is 13.3. The van der Waals surface area contributed by atoms with E-state index in [4.69, 9.17) is 0 Å². The standard InChI is InChI=1S/C16H25NO/c1-11-9-12(2)13(3)17(10-11)16-8-6-5-7-15(16)14(4)18/h5-8,11-14,18H,9-10H2,1-4H3/t11?,12?,13?,14-/m1/s1. The number of piperidine rings is 1. The minimum Gasteiger partial charge on any atom is -0.389 e. The van der Waals surface area contributed by atoms with E-state index in [1.54, 1.807) is 0 Å². The van der Waals surface area contributed by atoms with Crippen LogP contribution in [0.15, 0.2) is 24.3 Å². The highest BCUT2D eigenvalue weighted by atomic mass is 16.3. The Labute approximate surface area is 111 Å². The first-order valence-electron chi connectivity index (χ1n) is 7.04. The summed E-state index contributed by atoms with van der Waals surface area (Å²) in [7, 11) is 0. The fourth-order valence-electron chi connectivity index (χ4n) is 3.14. The second-order valence-corrected chi connectivity index (χ2v) is 5.95. The van der Waals surface area contributed by atoms with Crippen LogP contribution in [0.2, 0.25) is 0 Å². The van der Waals surface area contributed by atoms with Crippen LogP contribution < -0.4 is 4.90 Å². The molecule has 0 amide bonds. The molecule has 2 nitrogen and oxygen atoms in total. The molecule has 0 aromatic heterocycles. The molecule has 0 bridgehead atoms. The summed E-state index contributed by atoms with van der Waals surface area (Å²) in [4.78, 5) is 2.47. The summed E-state index contributed by atoms with van der Waals surface area (Å²) < 4.78 is 0. The Bertz CT molecular complexity index is 402. The van der Waals surface area contributed by atoms with Gasteiger partial charge in [-0.15, -0.1) is 0 Å². The average Bonchev–Trinajstić information content (AvgIpc) is 2.33. The minimum atomic E-state index is -0.402. The van der Waals surface area contributed by atoms with E-state index >= 15 is 0 Å². The quantitative estimate of drug-likeness (QED) is 0.863. The molecule has 3 unspecified atom stereocenters. The molecule has 0 aliphatic carbocycles. The Morgan fingerprint density at radius 1 is 1.22 bits per heavy atom. The molecule has 18 heavy (non-hydrogen) atoms. The van der Waals surface area contributed by atoms with Crippen LogP contribution in [0.25, 0.3) is 0 Å².